The number of aromatic nitrogens is 9. The molecule has 0 saturated carbocycles. The number of aryl methyl sites for hydroxylation is 2. The molecule has 0 aliphatic rings. The lowest BCUT2D eigenvalue weighted by atomic mass is 10.2. The maximum atomic E-state index is 4.64. The third kappa shape index (κ3) is 2.43. The number of rotatable bonds is 4. The summed E-state index contributed by atoms with van der Waals surface area (Å²) in [6, 6.07) is 3.77. The van der Waals surface area contributed by atoms with Crippen LogP contribution in [0.15, 0.2) is 24.5 Å². The molecule has 4 aromatic rings. The molecular weight excluding hydrogens is 308 g/mol. The predicted molar refractivity (Wildman–Crippen MR) is 85.8 cm³/mol. The molecule has 0 spiro atoms. The molecule has 0 atom stereocenters. The van der Waals surface area contributed by atoms with E-state index in [0.717, 1.165) is 22.3 Å². The van der Waals surface area contributed by atoms with Crippen LogP contribution < -0.4 is 5.32 Å². The van der Waals surface area contributed by atoms with E-state index in [2.05, 4.69) is 46.0 Å². The lowest BCUT2D eigenvalue weighted by Gasteiger charge is -2.08. The number of H-pyrrole nitrogens is 1. The van der Waals surface area contributed by atoms with Gasteiger partial charge in [0.05, 0.1) is 17.6 Å². The van der Waals surface area contributed by atoms with Crippen LogP contribution in [-0.4, -0.2) is 45.4 Å². The van der Waals surface area contributed by atoms with Gasteiger partial charge in [-0.2, -0.15) is 10.3 Å². The fraction of sp³-hybridized carbons (Fsp3) is 0.214. The zero-order valence-corrected chi connectivity index (χ0v) is 13.1. The molecule has 4 aromatic heterocycles. The Balaban J connectivity index is 1.83. The molecule has 0 saturated heterocycles. The monoisotopic (exact) mass is 322 g/mol. The summed E-state index contributed by atoms with van der Waals surface area (Å²) in [5.41, 5.74) is 2.43. The Hall–Kier alpha value is -3.43. The van der Waals surface area contributed by atoms with Crippen LogP contribution in [0.4, 0.5) is 5.82 Å². The Morgan fingerprint density at radius 1 is 1.29 bits per heavy atom. The SMILES string of the molecule is Cc1nn(C)c2nc(-c3cccnc3)nc(NCc3nn[nH]n3)c12. The molecule has 0 fully saturated rings. The lowest BCUT2D eigenvalue weighted by molar-refractivity contribution is 0.773. The van der Waals surface area contributed by atoms with Gasteiger partial charge in [-0.25, -0.2) is 9.97 Å². The van der Waals surface area contributed by atoms with Gasteiger partial charge >= 0.3 is 0 Å². The van der Waals surface area contributed by atoms with Gasteiger partial charge in [-0.1, -0.05) is 5.21 Å². The Labute approximate surface area is 136 Å². The van der Waals surface area contributed by atoms with Gasteiger partial charge in [-0.3, -0.25) is 9.67 Å². The molecule has 120 valence electrons. The molecular formula is C14H14N10. The van der Waals surface area contributed by atoms with Crippen molar-refractivity contribution in [2.24, 2.45) is 7.05 Å². The molecule has 10 heteroatoms. The van der Waals surface area contributed by atoms with Gasteiger partial charge < -0.3 is 5.32 Å². The molecule has 0 amide bonds. The summed E-state index contributed by atoms with van der Waals surface area (Å²) in [6.45, 7) is 2.32. The zero-order valence-electron chi connectivity index (χ0n) is 13.1. The van der Waals surface area contributed by atoms with Crippen molar-refractivity contribution in [1.29, 1.82) is 0 Å². The van der Waals surface area contributed by atoms with E-state index in [1.807, 2.05) is 26.1 Å². The van der Waals surface area contributed by atoms with E-state index in [4.69, 9.17) is 0 Å². The third-order valence-corrected chi connectivity index (χ3v) is 3.58. The fourth-order valence-electron chi connectivity index (χ4n) is 2.51. The average Bonchev–Trinajstić information content (AvgIpc) is 3.22. The minimum atomic E-state index is 0.392. The highest BCUT2D eigenvalue weighted by Gasteiger charge is 2.16. The molecule has 0 bridgehead atoms. The van der Waals surface area contributed by atoms with E-state index in [1.54, 1.807) is 17.1 Å². The highest BCUT2D eigenvalue weighted by Crippen LogP contribution is 2.27. The first-order valence-electron chi connectivity index (χ1n) is 7.30. The van der Waals surface area contributed by atoms with Crippen LogP contribution in [0.2, 0.25) is 0 Å². The quantitative estimate of drug-likeness (QED) is 0.567. The largest absolute Gasteiger partial charge is 0.362 e. The van der Waals surface area contributed by atoms with Crippen LogP contribution in [0.1, 0.15) is 11.5 Å². The highest BCUT2D eigenvalue weighted by atomic mass is 15.5. The number of nitrogens with zero attached hydrogens (tertiary/aromatic N) is 8. The van der Waals surface area contributed by atoms with Gasteiger partial charge in [0.2, 0.25) is 0 Å². The van der Waals surface area contributed by atoms with Crippen LogP contribution in [0.3, 0.4) is 0 Å². The number of anilines is 1. The number of fused-ring (bicyclic) bond motifs is 1. The number of aromatic amines is 1. The maximum absolute atomic E-state index is 4.64. The van der Waals surface area contributed by atoms with Gasteiger partial charge in [0, 0.05) is 25.0 Å². The summed E-state index contributed by atoms with van der Waals surface area (Å²) < 4.78 is 1.74. The molecule has 4 rings (SSSR count). The minimum absolute atomic E-state index is 0.392. The molecule has 0 aliphatic heterocycles. The van der Waals surface area contributed by atoms with E-state index in [9.17, 15) is 0 Å². The summed E-state index contributed by atoms with van der Waals surface area (Å²) >= 11 is 0. The molecule has 0 unspecified atom stereocenters. The van der Waals surface area contributed by atoms with E-state index >= 15 is 0 Å². The van der Waals surface area contributed by atoms with Gasteiger partial charge in [-0.15, -0.1) is 10.2 Å². The normalized spacial score (nSPS) is 11.1. The van der Waals surface area contributed by atoms with Crippen molar-refractivity contribution in [2.75, 3.05) is 5.32 Å². The summed E-state index contributed by atoms with van der Waals surface area (Å²) in [7, 11) is 1.86. The summed E-state index contributed by atoms with van der Waals surface area (Å²) in [6.07, 6.45) is 3.44. The molecule has 2 N–H and O–H groups in total. The Bertz CT molecular complexity index is 974. The second-order valence-electron chi connectivity index (χ2n) is 5.23. The first-order chi connectivity index (χ1) is 11.7. The molecule has 0 aromatic carbocycles. The van der Waals surface area contributed by atoms with E-state index in [-0.39, 0.29) is 0 Å². The highest BCUT2D eigenvalue weighted by molar-refractivity contribution is 5.90. The van der Waals surface area contributed by atoms with Crippen molar-refractivity contribution in [2.45, 2.75) is 13.5 Å². The van der Waals surface area contributed by atoms with Gasteiger partial charge in [0.15, 0.2) is 17.3 Å². The van der Waals surface area contributed by atoms with Crippen LogP contribution in [0.25, 0.3) is 22.4 Å². The van der Waals surface area contributed by atoms with E-state index < -0.39 is 0 Å². The number of hydrogen-bond donors (Lipinski definition) is 2. The second-order valence-corrected chi connectivity index (χ2v) is 5.23. The standard InChI is InChI=1S/C14H14N10/c1-8-11-13(16-7-10-19-22-23-20-10)17-12(9-4-3-5-15-6-9)18-14(11)24(2)21-8/h3-6H,7H2,1-2H3,(H,16,17,18)(H,19,20,22,23). The Kier molecular flexibility index (Phi) is 3.34. The number of tetrazole rings is 1. The summed E-state index contributed by atoms with van der Waals surface area (Å²) in [5, 5.41) is 22.4. The van der Waals surface area contributed by atoms with E-state index in [0.29, 0.717) is 24.0 Å². The zero-order chi connectivity index (χ0) is 16.5. The number of nitrogens with one attached hydrogen (secondary N) is 2. The molecule has 0 aliphatic carbocycles. The van der Waals surface area contributed by atoms with Crippen LogP contribution >= 0.6 is 0 Å². The average molecular weight is 322 g/mol. The number of hydrogen-bond acceptors (Lipinski definition) is 8. The molecule has 0 radical (unpaired) electrons. The summed E-state index contributed by atoms with van der Waals surface area (Å²) in [5.74, 6) is 1.80. The number of pyridine rings is 1. The smallest absolute Gasteiger partial charge is 0.193 e. The lowest BCUT2D eigenvalue weighted by Crippen LogP contribution is -2.06. The van der Waals surface area contributed by atoms with Gasteiger partial charge in [0.1, 0.15) is 5.82 Å². The first-order valence-corrected chi connectivity index (χ1v) is 7.30. The van der Waals surface area contributed by atoms with Crippen LogP contribution in [0, 0.1) is 6.92 Å². The van der Waals surface area contributed by atoms with Crippen molar-refractivity contribution in [3.05, 3.63) is 36.0 Å². The van der Waals surface area contributed by atoms with Crippen molar-refractivity contribution in [1.82, 2.24) is 45.4 Å². The molecule has 24 heavy (non-hydrogen) atoms. The van der Waals surface area contributed by atoms with Crippen LogP contribution in [-0.2, 0) is 13.6 Å². The van der Waals surface area contributed by atoms with E-state index in [1.165, 1.54) is 0 Å². The van der Waals surface area contributed by atoms with Crippen LogP contribution in [0.5, 0.6) is 0 Å². The van der Waals surface area contributed by atoms with Crippen molar-refractivity contribution in [3.8, 4) is 11.4 Å². The van der Waals surface area contributed by atoms with Gasteiger partial charge in [0.25, 0.3) is 0 Å². The molecule has 4 heterocycles. The Morgan fingerprint density at radius 2 is 2.21 bits per heavy atom. The molecule has 10 nitrogen and oxygen atoms in total. The summed E-state index contributed by atoms with van der Waals surface area (Å²) in [4.78, 5) is 13.4. The maximum Gasteiger partial charge on any atom is 0.193 e. The Morgan fingerprint density at radius 3 is 2.96 bits per heavy atom. The third-order valence-electron chi connectivity index (χ3n) is 3.58. The first kappa shape index (κ1) is 14.2. The topological polar surface area (TPSA) is 123 Å². The van der Waals surface area contributed by atoms with Crippen molar-refractivity contribution < 1.29 is 0 Å². The predicted octanol–water partition coefficient (Wildman–Crippen LogP) is 0.859. The second kappa shape index (κ2) is 5.65. The van der Waals surface area contributed by atoms with Crippen molar-refractivity contribution >= 4 is 16.9 Å². The fourth-order valence-corrected chi connectivity index (χ4v) is 2.51. The van der Waals surface area contributed by atoms with Gasteiger partial charge in [-0.05, 0) is 19.1 Å². The van der Waals surface area contributed by atoms with Crippen molar-refractivity contribution in [3.63, 3.8) is 0 Å². The minimum Gasteiger partial charge on any atom is -0.362 e.